The molecule has 2 fully saturated rings. The molecule has 0 radical (unpaired) electrons. The molecule has 0 spiro atoms. The van der Waals surface area contributed by atoms with E-state index in [2.05, 4.69) is 10.6 Å². The van der Waals surface area contributed by atoms with Crippen molar-refractivity contribution in [1.29, 1.82) is 0 Å². The Labute approximate surface area is 209 Å². The van der Waals surface area contributed by atoms with Crippen LogP contribution in [0.3, 0.4) is 0 Å². The lowest BCUT2D eigenvalue weighted by Crippen LogP contribution is -2.58. The summed E-state index contributed by atoms with van der Waals surface area (Å²) in [6, 6.07) is 0.921. The fourth-order valence-corrected chi connectivity index (χ4v) is 5.65. The number of fused-ring (bicyclic) bond motifs is 3. The fourth-order valence-electron chi connectivity index (χ4n) is 5.65. The van der Waals surface area contributed by atoms with Crippen LogP contribution < -0.4 is 16.4 Å². The molecule has 12 heteroatoms. The van der Waals surface area contributed by atoms with Crippen molar-refractivity contribution in [2.45, 2.75) is 37.7 Å². The van der Waals surface area contributed by atoms with Crippen LogP contribution in [0.5, 0.6) is 5.75 Å². The number of benzene rings is 1. The van der Waals surface area contributed by atoms with Crippen molar-refractivity contribution >= 4 is 34.8 Å². The lowest BCUT2D eigenvalue weighted by molar-refractivity contribution is -0.147. The molecule has 4 aliphatic carbocycles. The van der Waals surface area contributed by atoms with Crippen LogP contribution in [0.15, 0.2) is 23.0 Å². The van der Waals surface area contributed by atoms with Gasteiger partial charge in [-0.05, 0) is 44.1 Å². The highest BCUT2D eigenvalue weighted by molar-refractivity contribution is 6.22. The van der Waals surface area contributed by atoms with E-state index in [-0.39, 0.29) is 36.2 Å². The molecule has 1 aromatic carbocycles. The summed E-state index contributed by atoms with van der Waals surface area (Å²) >= 11 is 0. The molecule has 0 saturated heterocycles. The average molecular weight is 515 g/mol. The maximum absolute atomic E-state index is 15.1. The van der Waals surface area contributed by atoms with Gasteiger partial charge in [0.25, 0.3) is 5.91 Å². The summed E-state index contributed by atoms with van der Waals surface area (Å²) in [6.07, 6.45) is 1.44. The van der Waals surface area contributed by atoms with Crippen LogP contribution in [0.25, 0.3) is 5.76 Å². The summed E-state index contributed by atoms with van der Waals surface area (Å²) in [5, 5.41) is 49.1. The number of primary amides is 1. The van der Waals surface area contributed by atoms with Gasteiger partial charge in [0.05, 0.1) is 17.8 Å². The number of aliphatic hydroxyl groups excluding tert-OH is 2. The van der Waals surface area contributed by atoms with Gasteiger partial charge in [-0.25, -0.2) is 4.39 Å². The third-order valence-corrected chi connectivity index (χ3v) is 7.70. The van der Waals surface area contributed by atoms with Crippen LogP contribution in [0.2, 0.25) is 0 Å². The standard InChI is InChI=1S/C25H26FN3O8/c26-13-6-14(29-16(31)8-28-7-9-1-2-9)20(32)18-12(13)4-10-3-11-5-15(30)19(24(27)36)23(35)25(11,37)22(34)17(10)21(18)33/h6,9-11,28,32-33,35,37H,1-5,7-8H2,(H2,27,36)(H,29,31)/t10?,11-,25-/m0/s1. The Balaban J connectivity index is 1.52. The lowest BCUT2D eigenvalue weighted by atomic mass is 9.59. The van der Waals surface area contributed by atoms with Gasteiger partial charge >= 0.3 is 0 Å². The van der Waals surface area contributed by atoms with Gasteiger partial charge in [0.15, 0.2) is 17.1 Å². The summed E-state index contributed by atoms with van der Waals surface area (Å²) in [6.45, 7) is 0.575. The molecule has 1 unspecified atom stereocenters. The molecule has 196 valence electrons. The zero-order valence-electron chi connectivity index (χ0n) is 19.6. The van der Waals surface area contributed by atoms with Crippen molar-refractivity contribution < 1.29 is 44.0 Å². The normalized spacial score (nSPS) is 27.0. The first-order valence-corrected chi connectivity index (χ1v) is 12.0. The topological polar surface area (TPSA) is 199 Å². The number of amides is 2. The van der Waals surface area contributed by atoms with E-state index in [1.54, 1.807) is 0 Å². The molecule has 2 saturated carbocycles. The van der Waals surface area contributed by atoms with Gasteiger partial charge in [-0.2, -0.15) is 0 Å². The van der Waals surface area contributed by atoms with E-state index in [1.165, 1.54) is 0 Å². The number of carbonyl (C=O) groups is 4. The van der Waals surface area contributed by atoms with Crippen molar-refractivity contribution in [3.05, 3.63) is 39.9 Å². The number of hydrogen-bond donors (Lipinski definition) is 7. The Morgan fingerprint density at radius 3 is 2.51 bits per heavy atom. The van der Waals surface area contributed by atoms with Crippen molar-refractivity contribution in [3.63, 3.8) is 0 Å². The Bertz CT molecular complexity index is 1330. The molecular weight excluding hydrogens is 489 g/mol. The molecule has 4 aliphatic rings. The third-order valence-electron chi connectivity index (χ3n) is 7.70. The van der Waals surface area contributed by atoms with Crippen LogP contribution in [-0.2, 0) is 25.6 Å². The first kappa shape index (κ1) is 24.9. The number of hydrogen-bond acceptors (Lipinski definition) is 9. The van der Waals surface area contributed by atoms with Crippen molar-refractivity contribution in [2.24, 2.45) is 23.5 Å². The van der Waals surface area contributed by atoms with E-state index < -0.39 is 81.5 Å². The van der Waals surface area contributed by atoms with Crippen LogP contribution >= 0.6 is 0 Å². The van der Waals surface area contributed by atoms with E-state index in [1.807, 2.05) is 0 Å². The molecule has 1 aromatic rings. The molecular formula is C25H26FN3O8. The Kier molecular flexibility index (Phi) is 5.83. The quantitative estimate of drug-likeness (QED) is 0.208. The molecule has 0 aliphatic heterocycles. The van der Waals surface area contributed by atoms with Gasteiger partial charge < -0.3 is 36.8 Å². The predicted molar refractivity (Wildman–Crippen MR) is 126 cm³/mol. The Morgan fingerprint density at radius 1 is 1.16 bits per heavy atom. The van der Waals surface area contributed by atoms with Crippen molar-refractivity contribution in [1.82, 2.24) is 5.32 Å². The molecule has 5 rings (SSSR count). The maximum Gasteiger partial charge on any atom is 0.255 e. The zero-order valence-corrected chi connectivity index (χ0v) is 19.6. The Morgan fingerprint density at radius 2 is 1.86 bits per heavy atom. The minimum Gasteiger partial charge on any atom is -0.508 e. The third kappa shape index (κ3) is 3.87. The summed E-state index contributed by atoms with van der Waals surface area (Å²) < 4.78 is 15.1. The molecule has 11 nitrogen and oxygen atoms in total. The largest absolute Gasteiger partial charge is 0.508 e. The number of nitrogens with two attached hydrogens (primary N) is 1. The minimum atomic E-state index is -2.71. The summed E-state index contributed by atoms with van der Waals surface area (Å²) in [5.41, 5.74) is 0.330. The van der Waals surface area contributed by atoms with Gasteiger partial charge in [0.2, 0.25) is 11.7 Å². The summed E-state index contributed by atoms with van der Waals surface area (Å²) in [5.74, 6) is -8.88. The van der Waals surface area contributed by atoms with Gasteiger partial charge in [0, 0.05) is 29.5 Å². The Hall–Kier alpha value is -3.77. The molecule has 0 bridgehead atoms. The van der Waals surface area contributed by atoms with E-state index in [0.29, 0.717) is 12.5 Å². The number of nitrogens with one attached hydrogen (secondary N) is 2. The summed E-state index contributed by atoms with van der Waals surface area (Å²) in [7, 11) is 0. The van der Waals surface area contributed by atoms with E-state index >= 15 is 4.39 Å². The van der Waals surface area contributed by atoms with Crippen LogP contribution in [-0.4, -0.2) is 62.5 Å². The molecule has 37 heavy (non-hydrogen) atoms. The van der Waals surface area contributed by atoms with Crippen LogP contribution in [0, 0.1) is 23.6 Å². The second-order valence-electron chi connectivity index (χ2n) is 10.1. The highest BCUT2D eigenvalue weighted by atomic mass is 19.1. The number of Topliss-reactive ketones (excluding diaryl/α,β-unsaturated/α-hetero) is 2. The number of ketones is 2. The van der Waals surface area contributed by atoms with E-state index in [0.717, 1.165) is 18.9 Å². The molecule has 8 N–H and O–H groups in total. The average Bonchev–Trinajstić information content (AvgIpc) is 3.63. The van der Waals surface area contributed by atoms with Crippen LogP contribution in [0.4, 0.5) is 10.1 Å². The second-order valence-corrected chi connectivity index (χ2v) is 10.1. The van der Waals surface area contributed by atoms with Crippen LogP contribution in [0.1, 0.15) is 36.8 Å². The number of carbonyl (C=O) groups excluding carboxylic acids is 4. The van der Waals surface area contributed by atoms with Crippen molar-refractivity contribution in [2.75, 3.05) is 18.4 Å². The zero-order chi connectivity index (χ0) is 26.8. The molecule has 3 atom stereocenters. The SMILES string of the molecule is NC(=O)C1=C(O)[C@@]2(O)C(=O)C3=C(O)c4c(O)c(NC(=O)CNCC5CC5)cc(F)c4CC3C[C@H]2CC1=O. The number of rotatable bonds is 6. The minimum absolute atomic E-state index is 0.0801. The number of aromatic hydroxyl groups is 1. The first-order chi connectivity index (χ1) is 17.4. The number of anilines is 1. The number of halogens is 1. The number of aliphatic hydroxyl groups is 3. The van der Waals surface area contributed by atoms with E-state index in [4.69, 9.17) is 5.73 Å². The number of phenols is 1. The predicted octanol–water partition coefficient (Wildman–Crippen LogP) is 0.501. The van der Waals surface area contributed by atoms with Gasteiger partial charge in [-0.3, -0.25) is 19.2 Å². The molecule has 2 amide bonds. The fraction of sp³-hybridized carbons (Fsp3) is 0.440. The van der Waals surface area contributed by atoms with Gasteiger partial charge in [-0.1, -0.05) is 0 Å². The molecule has 0 heterocycles. The highest BCUT2D eigenvalue weighted by Gasteiger charge is 2.60. The smallest absolute Gasteiger partial charge is 0.255 e. The van der Waals surface area contributed by atoms with Gasteiger partial charge in [0.1, 0.15) is 22.9 Å². The first-order valence-electron chi connectivity index (χ1n) is 12.0. The monoisotopic (exact) mass is 515 g/mol. The maximum atomic E-state index is 15.1. The number of phenolic OH excluding ortho intramolecular Hbond substituents is 1. The lowest BCUT2D eigenvalue weighted by Gasteiger charge is -2.46. The van der Waals surface area contributed by atoms with Gasteiger partial charge in [-0.15, -0.1) is 0 Å². The van der Waals surface area contributed by atoms with Crippen molar-refractivity contribution in [3.8, 4) is 5.75 Å². The molecule has 0 aromatic heterocycles. The highest BCUT2D eigenvalue weighted by Crippen LogP contribution is 2.53. The summed E-state index contributed by atoms with van der Waals surface area (Å²) in [4.78, 5) is 49.8. The second kappa shape index (κ2) is 8.67. The van der Waals surface area contributed by atoms with E-state index in [9.17, 15) is 39.6 Å².